The first-order valence-corrected chi connectivity index (χ1v) is 17.0. The summed E-state index contributed by atoms with van der Waals surface area (Å²) in [6.45, 7) is 4.42. The number of aromatic nitrogens is 1. The zero-order valence-corrected chi connectivity index (χ0v) is 29.2. The summed E-state index contributed by atoms with van der Waals surface area (Å²) in [6, 6.07) is 6.53. The van der Waals surface area contributed by atoms with Crippen LogP contribution < -0.4 is 4.90 Å². The van der Waals surface area contributed by atoms with Crippen molar-refractivity contribution in [3.05, 3.63) is 106 Å². The van der Waals surface area contributed by atoms with E-state index in [-0.39, 0.29) is 34.7 Å². The number of carboxylic acid groups (broad SMARTS) is 1. The number of fused-ring (bicyclic) bond motifs is 2. The van der Waals surface area contributed by atoms with E-state index in [1.54, 1.807) is 18.9 Å². The van der Waals surface area contributed by atoms with Crippen molar-refractivity contribution >= 4 is 23.6 Å². The Morgan fingerprint density at radius 2 is 1.53 bits per heavy atom. The summed E-state index contributed by atoms with van der Waals surface area (Å²) in [5.74, 6) is -1.22. The lowest BCUT2D eigenvalue weighted by Crippen LogP contribution is -2.52. The van der Waals surface area contributed by atoms with Crippen LogP contribution in [0.2, 0.25) is 0 Å². The summed E-state index contributed by atoms with van der Waals surface area (Å²) in [6.07, 6.45) is -2.09. The largest absolute Gasteiger partial charge is 0.508 e. The van der Waals surface area contributed by atoms with Crippen molar-refractivity contribution in [3.63, 3.8) is 0 Å². The van der Waals surface area contributed by atoms with E-state index in [1.165, 1.54) is 46.8 Å². The minimum absolute atomic E-state index is 0.00481. The van der Waals surface area contributed by atoms with Crippen LogP contribution in [0.25, 0.3) is 11.3 Å². The second-order valence-electron chi connectivity index (χ2n) is 13.6. The Morgan fingerprint density at radius 1 is 0.906 bits per heavy atom. The van der Waals surface area contributed by atoms with E-state index >= 15 is 17.6 Å². The number of aromatic hydroxyl groups is 1. The lowest BCUT2D eigenvalue weighted by Gasteiger charge is -2.40. The number of hydrogen-bond donors (Lipinski definition) is 2. The molecule has 0 saturated carbocycles. The predicted molar refractivity (Wildman–Crippen MR) is 185 cm³/mol. The van der Waals surface area contributed by atoms with Gasteiger partial charge in [-0.1, -0.05) is 24.3 Å². The first-order valence-electron chi connectivity index (χ1n) is 17.0. The minimum atomic E-state index is -4.67. The molecule has 1 atom stereocenters. The number of amides is 3. The van der Waals surface area contributed by atoms with Crippen molar-refractivity contribution in [1.82, 2.24) is 19.3 Å². The molecule has 3 amide bonds. The highest BCUT2D eigenvalue weighted by molar-refractivity contribution is 6.08. The molecule has 4 heterocycles. The molecule has 278 valence electrons. The zero-order valence-electron chi connectivity index (χ0n) is 29.2. The van der Waals surface area contributed by atoms with Crippen LogP contribution in [0.5, 0.6) is 5.75 Å². The highest BCUT2D eigenvalue weighted by atomic mass is 19.3. The summed E-state index contributed by atoms with van der Waals surface area (Å²) >= 11 is 0. The van der Waals surface area contributed by atoms with E-state index in [2.05, 4.69) is 4.90 Å². The molecule has 7 rings (SSSR count). The van der Waals surface area contributed by atoms with Gasteiger partial charge in [-0.2, -0.15) is 22.5 Å². The number of phenolic OH excluding ortho intramolecular Hbond substituents is 1. The fraction of sp³-hybridized carbons (Fsp3) is 0.342. The average Bonchev–Trinajstić information content (AvgIpc) is 3.51. The van der Waals surface area contributed by atoms with Crippen molar-refractivity contribution in [1.29, 1.82) is 0 Å². The van der Waals surface area contributed by atoms with Gasteiger partial charge in [0, 0.05) is 74.5 Å². The molecule has 3 aliphatic rings. The van der Waals surface area contributed by atoms with Crippen LogP contribution in [0, 0.1) is 6.92 Å². The molecule has 53 heavy (non-hydrogen) atoms. The Labute approximate surface area is 302 Å². The molecule has 0 aliphatic carbocycles. The van der Waals surface area contributed by atoms with Gasteiger partial charge < -0.3 is 29.3 Å². The molecule has 1 fully saturated rings. The van der Waals surface area contributed by atoms with E-state index in [1.807, 2.05) is 24.3 Å². The molecule has 3 aliphatic heterocycles. The van der Waals surface area contributed by atoms with Crippen LogP contribution in [-0.2, 0) is 36.8 Å². The van der Waals surface area contributed by atoms with Crippen LogP contribution in [-0.4, -0.2) is 93.3 Å². The number of benzene rings is 3. The number of anilines is 1. The number of ether oxygens (including phenoxy) is 1. The number of nitrogens with zero attached hydrogens (tertiary/aromatic N) is 5. The summed E-state index contributed by atoms with van der Waals surface area (Å²) in [7, 11) is 3.06. The third-order valence-electron chi connectivity index (χ3n) is 10.6. The van der Waals surface area contributed by atoms with Crippen molar-refractivity contribution in [2.24, 2.45) is 7.05 Å². The molecular weight excluding hydrogens is 698 g/mol. The van der Waals surface area contributed by atoms with Gasteiger partial charge in [0.15, 0.2) is 0 Å². The van der Waals surface area contributed by atoms with Gasteiger partial charge in [-0.25, -0.2) is 4.79 Å². The molecule has 3 aromatic carbocycles. The topological polar surface area (TPSA) is 119 Å². The Bertz CT molecular complexity index is 2110. The molecule has 11 nitrogen and oxygen atoms in total. The second-order valence-corrected chi connectivity index (χ2v) is 13.6. The van der Waals surface area contributed by atoms with Crippen molar-refractivity contribution in [2.75, 3.05) is 44.8 Å². The third kappa shape index (κ3) is 6.06. The summed E-state index contributed by atoms with van der Waals surface area (Å²) in [5.41, 5.74) is -0.145. The van der Waals surface area contributed by atoms with Crippen LogP contribution in [0.4, 0.5) is 28.0 Å². The molecule has 1 saturated heterocycles. The smallest absolute Gasteiger partial charge is 0.417 e. The molecule has 0 radical (unpaired) electrons. The average molecular weight is 736 g/mol. The minimum Gasteiger partial charge on any atom is -0.508 e. The van der Waals surface area contributed by atoms with Gasteiger partial charge in [-0.3, -0.25) is 14.5 Å². The SMILES string of the molecule is Cc1c(C(=O)N(C)c2ccc(O)cc2)cc(-c2cc3c(cc2C(=O)N2Cc4ccccc4C[C@H]2CN2CCOCC2)C(F)(F)N(C(=O)O)C3(F)F)n1C. The van der Waals surface area contributed by atoms with Crippen LogP contribution in [0.1, 0.15) is 48.7 Å². The first-order chi connectivity index (χ1) is 25.1. The number of hydrogen-bond acceptors (Lipinski definition) is 6. The van der Waals surface area contributed by atoms with Gasteiger partial charge in [0.05, 0.1) is 29.9 Å². The quantitative estimate of drug-likeness (QED) is 0.185. The fourth-order valence-corrected chi connectivity index (χ4v) is 7.52. The number of morpholine rings is 1. The molecular formula is C38H37F4N5O6. The first kappa shape index (κ1) is 36.0. The summed E-state index contributed by atoms with van der Waals surface area (Å²) in [5, 5.41) is 19.2. The van der Waals surface area contributed by atoms with E-state index in [0.29, 0.717) is 56.7 Å². The lowest BCUT2D eigenvalue weighted by atomic mass is 9.90. The van der Waals surface area contributed by atoms with E-state index in [9.17, 15) is 24.6 Å². The third-order valence-corrected chi connectivity index (χ3v) is 10.6. The van der Waals surface area contributed by atoms with Gasteiger partial charge in [0.1, 0.15) is 5.75 Å². The number of carbonyl (C=O) groups excluding carboxylic acids is 2. The van der Waals surface area contributed by atoms with Crippen LogP contribution >= 0.6 is 0 Å². The van der Waals surface area contributed by atoms with Crippen LogP contribution in [0.3, 0.4) is 0 Å². The van der Waals surface area contributed by atoms with E-state index < -0.39 is 52.1 Å². The van der Waals surface area contributed by atoms with E-state index in [4.69, 9.17) is 4.74 Å². The second kappa shape index (κ2) is 13.2. The van der Waals surface area contributed by atoms with Gasteiger partial charge in [0.25, 0.3) is 11.8 Å². The molecule has 0 unspecified atom stereocenters. The fourth-order valence-electron chi connectivity index (χ4n) is 7.52. The standard InChI is InChI=1S/C38H37F4N5O6/c1-22-28(34(49)44(3)25-8-10-27(48)11-9-25)19-33(43(22)2)29-17-31-32(38(41,42)47(36(51)52)37(31,39)40)18-30(29)35(50)46-20-24-7-5-4-6-23(24)16-26(46)21-45-12-14-53-15-13-45/h4-11,17-19,26,48H,12-16,20-21H2,1-3H3,(H,51,52)/t26-/m0/s1. The van der Waals surface area contributed by atoms with Gasteiger partial charge in [-0.05, 0) is 66.9 Å². The molecule has 4 aromatic rings. The van der Waals surface area contributed by atoms with Gasteiger partial charge in [0.2, 0.25) is 0 Å². The van der Waals surface area contributed by atoms with E-state index in [0.717, 1.165) is 17.2 Å². The van der Waals surface area contributed by atoms with Gasteiger partial charge >= 0.3 is 18.2 Å². The zero-order chi connectivity index (χ0) is 38.0. The predicted octanol–water partition coefficient (Wildman–Crippen LogP) is 5.97. The molecule has 2 N–H and O–H groups in total. The highest BCUT2D eigenvalue weighted by Gasteiger charge is 2.66. The monoisotopic (exact) mass is 735 g/mol. The van der Waals surface area contributed by atoms with Crippen molar-refractivity contribution in [3.8, 4) is 17.0 Å². The molecule has 0 bridgehead atoms. The Kier molecular flexibility index (Phi) is 8.97. The van der Waals surface area contributed by atoms with Gasteiger partial charge in [-0.15, -0.1) is 0 Å². The maximum absolute atomic E-state index is 15.7. The maximum Gasteiger partial charge on any atom is 0.417 e. The van der Waals surface area contributed by atoms with Crippen molar-refractivity contribution < 1.29 is 46.9 Å². The molecule has 0 spiro atoms. The Balaban J connectivity index is 1.38. The Morgan fingerprint density at radius 3 is 2.17 bits per heavy atom. The molecule has 1 aromatic heterocycles. The van der Waals surface area contributed by atoms with Crippen LogP contribution in [0.15, 0.2) is 66.7 Å². The number of rotatable bonds is 6. The number of alkyl halides is 4. The summed E-state index contributed by atoms with van der Waals surface area (Å²) < 4.78 is 69.9. The molecule has 15 heteroatoms. The normalized spacial score (nSPS) is 19.1. The number of phenols is 1. The highest BCUT2D eigenvalue weighted by Crippen LogP contribution is 2.55. The summed E-state index contributed by atoms with van der Waals surface area (Å²) in [4.78, 5) is 44.4. The maximum atomic E-state index is 15.7. The van der Waals surface area contributed by atoms with Crippen molar-refractivity contribution in [2.45, 2.75) is 38.0 Å². The number of carbonyl (C=O) groups is 3. The Hall–Kier alpha value is -5.41. The lowest BCUT2D eigenvalue weighted by molar-refractivity contribution is -0.241. The number of halogens is 4.